The van der Waals surface area contributed by atoms with Crippen LogP contribution in [0.25, 0.3) is 22.3 Å². The number of carboxylic acids is 1. The van der Waals surface area contributed by atoms with E-state index in [-0.39, 0.29) is 5.56 Å². The van der Waals surface area contributed by atoms with Crippen LogP contribution in [0.5, 0.6) is 0 Å². The van der Waals surface area contributed by atoms with Crippen molar-refractivity contribution in [2.75, 3.05) is 0 Å². The highest BCUT2D eigenvalue weighted by Gasteiger charge is 2.27. The van der Waals surface area contributed by atoms with Gasteiger partial charge in [-0.05, 0) is 84.4 Å². The molecule has 0 amide bonds. The maximum Gasteiger partial charge on any atom is 0.341 e. The Hall–Kier alpha value is -3.48. The molecule has 0 spiro atoms. The summed E-state index contributed by atoms with van der Waals surface area (Å²) in [5, 5.41) is 9.27. The third kappa shape index (κ3) is 4.85. The van der Waals surface area contributed by atoms with Crippen LogP contribution >= 0.6 is 0 Å². The van der Waals surface area contributed by atoms with Crippen molar-refractivity contribution in [3.63, 3.8) is 0 Å². The van der Waals surface area contributed by atoms with Gasteiger partial charge in [0.2, 0.25) is 0 Å². The molecule has 35 heavy (non-hydrogen) atoms. The molecule has 0 heterocycles. The number of halogens is 5. The van der Waals surface area contributed by atoms with Crippen LogP contribution in [-0.2, 0) is 0 Å². The van der Waals surface area contributed by atoms with Gasteiger partial charge in [-0.3, -0.25) is 0 Å². The van der Waals surface area contributed by atoms with Crippen LogP contribution in [0.3, 0.4) is 0 Å². The first-order chi connectivity index (χ1) is 16.7. The predicted octanol–water partition coefficient (Wildman–Crippen LogP) is 8.26. The Morgan fingerprint density at radius 2 is 1.46 bits per heavy atom. The molecule has 1 aliphatic carbocycles. The third-order valence-corrected chi connectivity index (χ3v) is 6.74. The fraction of sp³-hybridized carbons (Fsp3) is 0.250. The minimum Gasteiger partial charge on any atom is -0.477 e. The largest absolute Gasteiger partial charge is 0.477 e. The molecule has 0 atom stereocenters. The summed E-state index contributed by atoms with van der Waals surface area (Å²) >= 11 is 0. The van der Waals surface area contributed by atoms with Gasteiger partial charge in [0, 0.05) is 5.56 Å². The Bertz CT molecular complexity index is 1250. The zero-order valence-corrected chi connectivity index (χ0v) is 18.8. The van der Waals surface area contributed by atoms with Crippen LogP contribution in [-0.4, -0.2) is 11.1 Å². The molecule has 1 aliphatic rings. The van der Waals surface area contributed by atoms with Crippen molar-refractivity contribution in [1.29, 1.82) is 0 Å². The summed E-state index contributed by atoms with van der Waals surface area (Å²) in [6, 6.07) is 8.88. The van der Waals surface area contributed by atoms with Gasteiger partial charge in [0.25, 0.3) is 0 Å². The summed E-state index contributed by atoms with van der Waals surface area (Å²) in [7, 11) is 0. The molecule has 0 aliphatic heterocycles. The number of hydrogen-bond donors (Lipinski definition) is 1. The first-order valence-electron chi connectivity index (χ1n) is 11.3. The first kappa shape index (κ1) is 24.6. The van der Waals surface area contributed by atoms with Crippen molar-refractivity contribution in [2.24, 2.45) is 5.92 Å². The van der Waals surface area contributed by atoms with E-state index in [1.165, 1.54) is 0 Å². The molecule has 182 valence electrons. The van der Waals surface area contributed by atoms with E-state index in [4.69, 9.17) is 0 Å². The second-order valence-corrected chi connectivity index (χ2v) is 8.89. The van der Waals surface area contributed by atoms with E-state index in [1.807, 2.05) is 18.2 Å². The van der Waals surface area contributed by atoms with Crippen molar-refractivity contribution in [1.82, 2.24) is 0 Å². The Labute approximate surface area is 199 Å². The molecule has 0 aromatic heterocycles. The average molecular weight is 486 g/mol. The van der Waals surface area contributed by atoms with Gasteiger partial charge in [-0.1, -0.05) is 30.3 Å². The molecule has 3 aromatic rings. The summed E-state index contributed by atoms with van der Waals surface area (Å²) < 4.78 is 71.3. The molecule has 1 N–H and O–H groups in total. The number of hydrogen-bond acceptors (Lipinski definition) is 1. The van der Waals surface area contributed by atoms with E-state index in [1.54, 1.807) is 12.1 Å². The lowest BCUT2D eigenvalue weighted by atomic mass is 9.77. The molecule has 1 fully saturated rings. The Kier molecular flexibility index (Phi) is 7.05. The van der Waals surface area contributed by atoms with Gasteiger partial charge in [0.15, 0.2) is 17.5 Å². The number of carbonyl (C=O) groups is 1. The summed E-state index contributed by atoms with van der Waals surface area (Å²) in [4.78, 5) is 11.5. The van der Waals surface area contributed by atoms with Crippen LogP contribution in [0.15, 0.2) is 55.1 Å². The standard InChI is InChI=1S/C28H23F5O2/c1-2-3-15-4-6-16(7-5-15)17-8-10-18(11-9-17)20-14-21(29)25(28(34)35)27(33)24(20)19-12-22(30)26(32)23(31)13-19/h2,8-16H,1,3-7H2,(H,34,35)/t15-,16-. The highest BCUT2D eigenvalue weighted by atomic mass is 19.2. The fourth-order valence-corrected chi connectivity index (χ4v) is 4.93. The van der Waals surface area contributed by atoms with Gasteiger partial charge in [-0.25, -0.2) is 26.7 Å². The molecule has 0 saturated heterocycles. The van der Waals surface area contributed by atoms with E-state index in [2.05, 4.69) is 6.58 Å². The molecule has 4 rings (SSSR count). The zero-order chi connectivity index (χ0) is 25.3. The summed E-state index contributed by atoms with van der Waals surface area (Å²) in [5.41, 5.74) is -0.947. The van der Waals surface area contributed by atoms with E-state index in [0.717, 1.165) is 43.7 Å². The number of rotatable bonds is 6. The zero-order valence-electron chi connectivity index (χ0n) is 18.8. The van der Waals surface area contributed by atoms with Gasteiger partial charge in [0.1, 0.15) is 17.2 Å². The van der Waals surface area contributed by atoms with Crippen molar-refractivity contribution < 1.29 is 31.9 Å². The van der Waals surface area contributed by atoms with Gasteiger partial charge in [-0.2, -0.15) is 0 Å². The Morgan fingerprint density at radius 3 is 2.00 bits per heavy atom. The van der Waals surface area contributed by atoms with Crippen molar-refractivity contribution >= 4 is 5.97 Å². The first-order valence-corrected chi connectivity index (χ1v) is 11.3. The number of allylic oxidation sites excluding steroid dienone is 1. The number of aromatic carboxylic acids is 1. The average Bonchev–Trinajstić information content (AvgIpc) is 2.82. The number of benzene rings is 3. The minimum atomic E-state index is -1.88. The lowest BCUT2D eigenvalue weighted by Gasteiger charge is -2.28. The predicted molar refractivity (Wildman–Crippen MR) is 124 cm³/mol. The molecule has 0 bridgehead atoms. The molecule has 3 aromatic carbocycles. The van der Waals surface area contributed by atoms with Crippen LogP contribution in [0.1, 0.15) is 53.9 Å². The smallest absolute Gasteiger partial charge is 0.341 e. The van der Waals surface area contributed by atoms with Gasteiger partial charge in [0.05, 0.1) is 0 Å². The van der Waals surface area contributed by atoms with Crippen LogP contribution in [0.4, 0.5) is 22.0 Å². The second kappa shape index (κ2) is 10.0. The maximum absolute atomic E-state index is 15.3. The van der Waals surface area contributed by atoms with E-state index >= 15 is 4.39 Å². The molecule has 0 radical (unpaired) electrons. The van der Waals surface area contributed by atoms with E-state index in [0.29, 0.717) is 29.5 Å². The maximum atomic E-state index is 15.3. The van der Waals surface area contributed by atoms with Gasteiger partial charge < -0.3 is 5.11 Å². The summed E-state index contributed by atoms with van der Waals surface area (Å²) in [5.74, 6) is -8.64. The fourth-order valence-electron chi connectivity index (χ4n) is 4.93. The van der Waals surface area contributed by atoms with Crippen LogP contribution in [0.2, 0.25) is 0 Å². The highest BCUT2D eigenvalue weighted by Crippen LogP contribution is 2.41. The lowest BCUT2D eigenvalue weighted by molar-refractivity contribution is 0.0686. The van der Waals surface area contributed by atoms with E-state index < -0.39 is 51.7 Å². The normalized spacial score (nSPS) is 17.9. The van der Waals surface area contributed by atoms with Crippen molar-refractivity contribution in [3.05, 3.63) is 95.3 Å². The van der Waals surface area contributed by atoms with Crippen molar-refractivity contribution in [3.8, 4) is 22.3 Å². The SMILES string of the molecule is C=CC[C@H]1CC[C@H](c2ccc(-c3cc(F)c(C(=O)O)c(F)c3-c3cc(F)c(F)c(F)c3)cc2)CC1. The molecule has 1 saturated carbocycles. The van der Waals surface area contributed by atoms with E-state index in [9.17, 15) is 27.5 Å². The molecule has 7 heteroatoms. The molecular formula is C28H23F5O2. The third-order valence-electron chi connectivity index (χ3n) is 6.74. The summed E-state index contributed by atoms with van der Waals surface area (Å²) in [6.45, 7) is 3.79. The topological polar surface area (TPSA) is 37.3 Å². The van der Waals surface area contributed by atoms with Crippen LogP contribution < -0.4 is 0 Å². The molecule has 0 unspecified atom stereocenters. The summed E-state index contributed by atoms with van der Waals surface area (Å²) in [6.07, 6.45) is 7.10. The lowest BCUT2D eigenvalue weighted by Crippen LogP contribution is -2.12. The Morgan fingerprint density at radius 1 is 0.857 bits per heavy atom. The minimum absolute atomic E-state index is 0.100. The second-order valence-electron chi connectivity index (χ2n) is 8.89. The van der Waals surface area contributed by atoms with Gasteiger partial charge >= 0.3 is 5.97 Å². The quantitative estimate of drug-likeness (QED) is 0.216. The van der Waals surface area contributed by atoms with Crippen molar-refractivity contribution in [2.45, 2.75) is 38.0 Å². The van der Waals surface area contributed by atoms with Gasteiger partial charge in [-0.15, -0.1) is 6.58 Å². The molecule has 2 nitrogen and oxygen atoms in total. The Balaban J connectivity index is 1.77. The molecular weight excluding hydrogens is 463 g/mol. The monoisotopic (exact) mass is 486 g/mol. The highest BCUT2D eigenvalue weighted by molar-refractivity contribution is 5.94. The van der Waals surface area contributed by atoms with Crippen LogP contribution in [0, 0.1) is 35.0 Å². The number of carboxylic acid groups (broad SMARTS) is 1.